The summed E-state index contributed by atoms with van der Waals surface area (Å²) in [5, 5.41) is 0.604. The first-order chi connectivity index (χ1) is 23.3. The SMILES string of the molecule is CC(=O)N(c1ccc(Cl)cc1)[C@@H]1C[C@H](C)N(C(=O)c2ccc(OCC3CCN(C(=O)OCc4ccccc4)CC3)cc2)c2ccccc21. The van der Waals surface area contributed by atoms with Crippen molar-refractivity contribution in [1.82, 2.24) is 4.90 Å². The Morgan fingerprint density at radius 3 is 2.21 bits per heavy atom. The maximum atomic E-state index is 14.0. The van der Waals surface area contributed by atoms with Crippen LogP contribution in [0.5, 0.6) is 5.75 Å². The lowest BCUT2D eigenvalue weighted by atomic mass is 9.89. The zero-order chi connectivity index (χ0) is 33.6. The number of halogens is 1. The summed E-state index contributed by atoms with van der Waals surface area (Å²) in [5.74, 6) is 0.841. The molecular formula is C39H40ClN3O5. The van der Waals surface area contributed by atoms with Crippen LogP contribution in [0.4, 0.5) is 16.2 Å². The molecule has 2 atom stereocenters. The van der Waals surface area contributed by atoms with Gasteiger partial charge in [-0.05, 0) is 97.8 Å². The zero-order valence-electron chi connectivity index (χ0n) is 27.3. The summed E-state index contributed by atoms with van der Waals surface area (Å²) in [6, 6.07) is 31.6. The van der Waals surface area contributed by atoms with Crippen LogP contribution in [0.2, 0.25) is 5.02 Å². The number of carbonyl (C=O) groups is 3. The summed E-state index contributed by atoms with van der Waals surface area (Å²) in [6.07, 6.45) is 1.97. The Bertz CT molecular complexity index is 1720. The van der Waals surface area contributed by atoms with Crippen LogP contribution < -0.4 is 14.5 Å². The minimum Gasteiger partial charge on any atom is -0.493 e. The van der Waals surface area contributed by atoms with E-state index in [0.717, 1.165) is 35.3 Å². The maximum Gasteiger partial charge on any atom is 0.410 e. The number of nitrogens with zero attached hydrogens (tertiary/aromatic N) is 3. The van der Waals surface area contributed by atoms with E-state index >= 15 is 0 Å². The fourth-order valence-electron chi connectivity index (χ4n) is 6.66. The highest BCUT2D eigenvalue weighted by molar-refractivity contribution is 6.30. The van der Waals surface area contributed by atoms with Crippen LogP contribution in [0, 0.1) is 5.92 Å². The first kappa shape index (κ1) is 33.1. The Hall–Kier alpha value is -4.82. The lowest BCUT2D eigenvalue weighted by Crippen LogP contribution is -2.47. The number of hydrogen-bond acceptors (Lipinski definition) is 5. The highest BCUT2D eigenvalue weighted by atomic mass is 35.5. The average Bonchev–Trinajstić information content (AvgIpc) is 3.11. The molecule has 4 aromatic rings. The zero-order valence-corrected chi connectivity index (χ0v) is 28.0. The van der Waals surface area contributed by atoms with Gasteiger partial charge in [-0.1, -0.05) is 60.1 Å². The average molecular weight is 666 g/mol. The number of rotatable bonds is 8. The molecular weight excluding hydrogens is 626 g/mol. The molecule has 2 aliphatic heterocycles. The molecule has 2 aliphatic rings. The molecule has 1 saturated heterocycles. The number of piperidine rings is 1. The van der Waals surface area contributed by atoms with Crippen molar-refractivity contribution < 1.29 is 23.9 Å². The molecule has 0 saturated carbocycles. The van der Waals surface area contributed by atoms with Gasteiger partial charge < -0.3 is 24.2 Å². The van der Waals surface area contributed by atoms with E-state index in [0.29, 0.717) is 48.4 Å². The third kappa shape index (κ3) is 7.50. The predicted molar refractivity (Wildman–Crippen MR) is 188 cm³/mol. The van der Waals surface area contributed by atoms with Crippen LogP contribution in [-0.2, 0) is 16.1 Å². The Kier molecular flexibility index (Phi) is 10.3. The van der Waals surface area contributed by atoms with E-state index in [4.69, 9.17) is 21.1 Å². The number of ether oxygens (including phenoxy) is 2. The van der Waals surface area contributed by atoms with Gasteiger partial charge in [0.15, 0.2) is 0 Å². The summed E-state index contributed by atoms with van der Waals surface area (Å²) in [4.78, 5) is 44.8. The van der Waals surface area contributed by atoms with Crippen molar-refractivity contribution in [1.29, 1.82) is 0 Å². The second-order valence-electron chi connectivity index (χ2n) is 12.5. The van der Waals surface area contributed by atoms with Crippen molar-refractivity contribution in [3.63, 3.8) is 0 Å². The number of hydrogen-bond donors (Lipinski definition) is 0. The number of amides is 3. The number of carbonyl (C=O) groups excluding carboxylic acids is 3. The summed E-state index contributed by atoms with van der Waals surface area (Å²) < 4.78 is 11.6. The molecule has 6 rings (SSSR count). The van der Waals surface area contributed by atoms with Crippen LogP contribution in [-0.4, -0.2) is 48.5 Å². The van der Waals surface area contributed by atoms with Crippen molar-refractivity contribution in [2.45, 2.75) is 51.8 Å². The second kappa shape index (κ2) is 14.9. The van der Waals surface area contributed by atoms with Gasteiger partial charge in [0, 0.05) is 48.0 Å². The fraction of sp³-hybridized carbons (Fsp3) is 0.308. The molecule has 8 nitrogen and oxygen atoms in total. The maximum absolute atomic E-state index is 14.0. The van der Waals surface area contributed by atoms with Gasteiger partial charge >= 0.3 is 6.09 Å². The van der Waals surface area contributed by atoms with Gasteiger partial charge in [-0.25, -0.2) is 4.79 Å². The number of anilines is 2. The molecule has 0 radical (unpaired) electrons. The van der Waals surface area contributed by atoms with E-state index in [1.807, 2.05) is 90.7 Å². The van der Waals surface area contributed by atoms with Crippen molar-refractivity contribution >= 4 is 40.9 Å². The van der Waals surface area contributed by atoms with E-state index in [1.165, 1.54) is 0 Å². The topological polar surface area (TPSA) is 79.4 Å². The minimum absolute atomic E-state index is 0.0772. The molecule has 0 spiro atoms. The van der Waals surface area contributed by atoms with Gasteiger partial charge in [0.25, 0.3) is 5.91 Å². The van der Waals surface area contributed by atoms with Gasteiger partial charge in [0.2, 0.25) is 5.91 Å². The summed E-state index contributed by atoms with van der Waals surface area (Å²) >= 11 is 6.13. The first-order valence-corrected chi connectivity index (χ1v) is 16.8. The molecule has 2 heterocycles. The Morgan fingerprint density at radius 1 is 0.854 bits per heavy atom. The standard InChI is InChI=1S/C39H40ClN3O5/c1-27-24-37(43(28(2)44)33-16-14-32(40)15-17-33)35-10-6-7-11-36(35)42(27)38(45)31-12-18-34(19-13-31)47-25-30-20-22-41(23-21-30)39(46)48-26-29-8-4-3-5-9-29/h3-19,27,30,37H,20-26H2,1-2H3/t27-,37+/m0/s1. The van der Waals surface area contributed by atoms with Crippen LogP contribution in [0.1, 0.15) is 60.6 Å². The van der Waals surface area contributed by atoms with Crippen LogP contribution >= 0.6 is 11.6 Å². The van der Waals surface area contributed by atoms with Gasteiger partial charge in [0.1, 0.15) is 12.4 Å². The molecule has 9 heteroatoms. The van der Waals surface area contributed by atoms with Crippen molar-refractivity contribution in [2.24, 2.45) is 5.92 Å². The fourth-order valence-corrected chi connectivity index (χ4v) is 6.78. The van der Waals surface area contributed by atoms with Crippen LogP contribution in [0.3, 0.4) is 0 Å². The van der Waals surface area contributed by atoms with Gasteiger partial charge in [-0.15, -0.1) is 0 Å². The second-order valence-corrected chi connectivity index (χ2v) is 12.9. The highest BCUT2D eigenvalue weighted by Gasteiger charge is 2.38. The van der Waals surface area contributed by atoms with Crippen molar-refractivity contribution in [2.75, 3.05) is 29.5 Å². The number of likely N-dealkylation sites (tertiary alicyclic amines) is 1. The predicted octanol–water partition coefficient (Wildman–Crippen LogP) is 8.30. The molecule has 4 aromatic carbocycles. The minimum atomic E-state index is -0.280. The Balaban J connectivity index is 1.06. The van der Waals surface area contributed by atoms with Crippen LogP contribution in [0.15, 0.2) is 103 Å². The lowest BCUT2D eigenvalue weighted by Gasteiger charge is -2.43. The van der Waals surface area contributed by atoms with E-state index in [-0.39, 0.29) is 36.6 Å². The first-order valence-electron chi connectivity index (χ1n) is 16.4. The van der Waals surface area contributed by atoms with E-state index in [2.05, 4.69) is 0 Å². The number of benzene rings is 4. The lowest BCUT2D eigenvalue weighted by molar-refractivity contribution is -0.117. The summed E-state index contributed by atoms with van der Waals surface area (Å²) in [7, 11) is 0. The molecule has 0 bridgehead atoms. The quantitative estimate of drug-likeness (QED) is 0.189. The molecule has 0 N–H and O–H groups in total. The Morgan fingerprint density at radius 2 is 1.52 bits per heavy atom. The van der Waals surface area contributed by atoms with Gasteiger partial charge in [-0.2, -0.15) is 0 Å². The molecule has 248 valence electrons. The molecule has 1 fully saturated rings. The number of fused-ring (bicyclic) bond motifs is 1. The molecule has 0 aliphatic carbocycles. The van der Waals surface area contributed by atoms with E-state index < -0.39 is 0 Å². The van der Waals surface area contributed by atoms with Gasteiger partial charge in [-0.3, -0.25) is 9.59 Å². The number of para-hydroxylation sites is 1. The highest BCUT2D eigenvalue weighted by Crippen LogP contribution is 2.43. The third-order valence-electron chi connectivity index (χ3n) is 9.20. The van der Waals surface area contributed by atoms with Gasteiger partial charge in [0.05, 0.1) is 12.6 Å². The molecule has 3 amide bonds. The van der Waals surface area contributed by atoms with E-state index in [1.54, 1.807) is 41.0 Å². The smallest absolute Gasteiger partial charge is 0.410 e. The molecule has 0 aromatic heterocycles. The van der Waals surface area contributed by atoms with Crippen LogP contribution in [0.25, 0.3) is 0 Å². The summed E-state index contributed by atoms with van der Waals surface area (Å²) in [6.45, 7) is 5.67. The summed E-state index contributed by atoms with van der Waals surface area (Å²) in [5.41, 5.74) is 4.01. The van der Waals surface area contributed by atoms with Crippen molar-refractivity contribution in [3.05, 3.63) is 125 Å². The molecule has 0 unspecified atom stereocenters. The third-order valence-corrected chi connectivity index (χ3v) is 9.45. The van der Waals surface area contributed by atoms with E-state index in [9.17, 15) is 14.4 Å². The Labute approximate surface area is 286 Å². The van der Waals surface area contributed by atoms with Crippen molar-refractivity contribution in [3.8, 4) is 5.75 Å². The molecule has 48 heavy (non-hydrogen) atoms. The largest absolute Gasteiger partial charge is 0.493 e. The monoisotopic (exact) mass is 665 g/mol. The normalized spacial score (nSPS) is 17.7.